The van der Waals surface area contributed by atoms with Gasteiger partial charge in [-0.15, -0.1) is 0 Å². The van der Waals surface area contributed by atoms with Gasteiger partial charge in [-0.25, -0.2) is 0 Å². The van der Waals surface area contributed by atoms with Gasteiger partial charge in [0, 0.05) is 20.8 Å². The number of hydrogen-bond acceptors (Lipinski definition) is 9. The van der Waals surface area contributed by atoms with Crippen molar-refractivity contribution in [1.29, 1.82) is 0 Å². The molecular formula is C17H23NO7S. The first-order chi connectivity index (χ1) is 12.3. The quantitative estimate of drug-likeness (QED) is 0.500. The molecule has 3 rings (SSSR count). The van der Waals surface area contributed by atoms with Crippen LogP contribution in [0.4, 0.5) is 0 Å². The predicted octanol–water partition coefficient (Wildman–Crippen LogP) is 1.45. The molecule has 144 valence electrons. The first kappa shape index (κ1) is 19.2. The molecule has 2 fully saturated rings. The van der Waals surface area contributed by atoms with Crippen LogP contribution in [0.25, 0.3) is 0 Å². The largest absolute Gasteiger partial charge is 0.463 e. The summed E-state index contributed by atoms with van der Waals surface area (Å²) in [7, 11) is 0. The summed E-state index contributed by atoms with van der Waals surface area (Å²) in [5, 5.41) is 0.967. The van der Waals surface area contributed by atoms with E-state index < -0.39 is 42.3 Å². The molecule has 9 heteroatoms. The molecule has 0 N–H and O–H groups in total. The zero-order chi connectivity index (χ0) is 18.8. The van der Waals surface area contributed by atoms with E-state index in [1.807, 2.05) is 0 Å². The van der Waals surface area contributed by atoms with Crippen LogP contribution in [0.3, 0.4) is 0 Å². The van der Waals surface area contributed by atoms with E-state index >= 15 is 0 Å². The van der Waals surface area contributed by atoms with E-state index in [0.29, 0.717) is 5.92 Å². The molecule has 26 heavy (non-hydrogen) atoms. The minimum absolute atomic E-state index is 0.0905. The van der Waals surface area contributed by atoms with Crippen molar-refractivity contribution in [3.8, 4) is 0 Å². The fraction of sp³-hybridized carbons (Fsp3) is 0.765. The van der Waals surface area contributed by atoms with Crippen molar-refractivity contribution in [3.05, 3.63) is 0 Å². The number of carbonyl (C=O) groups excluding carboxylic acids is 3. The number of carbonyl (C=O) groups is 3. The van der Waals surface area contributed by atoms with Crippen LogP contribution in [0.2, 0.25) is 0 Å². The lowest BCUT2D eigenvalue weighted by Crippen LogP contribution is -2.59. The van der Waals surface area contributed by atoms with E-state index in [0.717, 1.165) is 11.5 Å². The summed E-state index contributed by atoms with van der Waals surface area (Å²) >= 11 is 1.51. The molecule has 0 amide bonds. The van der Waals surface area contributed by atoms with Crippen molar-refractivity contribution in [1.82, 2.24) is 0 Å². The van der Waals surface area contributed by atoms with Gasteiger partial charge in [-0.1, -0.05) is 11.8 Å². The summed E-state index contributed by atoms with van der Waals surface area (Å²) in [6, 6.07) is -0.449. The molecule has 1 aliphatic carbocycles. The highest BCUT2D eigenvalue weighted by Gasteiger charge is 2.53. The molecule has 3 aliphatic rings. The van der Waals surface area contributed by atoms with E-state index in [4.69, 9.17) is 23.9 Å². The van der Waals surface area contributed by atoms with Crippen molar-refractivity contribution in [2.75, 3.05) is 6.61 Å². The highest BCUT2D eigenvalue weighted by molar-refractivity contribution is 8.14. The van der Waals surface area contributed by atoms with Crippen LogP contribution in [0.15, 0.2) is 4.99 Å². The molecule has 0 radical (unpaired) electrons. The van der Waals surface area contributed by atoms with Gasteiger partial charge in [0.05, 0.1) is 5.04 Å². The number of nitrogens with zero attached hydrogens (tertiary/aromatic N) is 1. The van der Waals surface area contributed by atoms with Gasteiger partial charge in [0.1, 0.15) is 24.2 Å². The van der Waals surface area contributed by atoms with E-state index in [2.05, 4.69) is 0 Å². The Labute approximate surface area is 156 Å². The maximum Gasteiger partial charge on any atom is 0.303 e. The van der Waals surface area contributed by atoms with E-state index in [-0.39, 0.29) is 12.0 Å². The van der Waals surface area contributed by atoms with Crippen LogP contribution >= 0.6 is 11.8 Å². The number of thioether (sulfide) groups is 1. The van der Waals surface area contributed by atoms with Crippen LogP contribution in [0.5, 0.6) is 0 Å². The molecule has 2 heterocycles. The Morgan fingerprint density at radius 1 is 1.08 bits per heavy atom. The number of esters is 3. The summed E-state index contributed by atoms with van der Waals surface area (Å²) in [5.74, 6) is -0.828. The summed E-state index contributed by atoms with van der Waals surface area (Å²) in [5.41, 5.74) is -0.361. The molecule has 1 saturated heterocycles. The second-order valence-corrected chi connectivity index (χ2v) is 7.94. The fourth-order valence-electron chi connectivity index (χ4n) is 3.12. The number of hydrogen-bond donors (Lipinski definition) is 0. The SMILES string of the molecule is CC(=O)OC[C@H]1O[C@H]2SC(CC3CC3)=NC2[C@@H](OC(C)=O)[C@@H]1OC(C)=O. The lowest BCUT2D eigenvalue weighted by molar-refractivity contribution is -0.208. The molecule has 0 aromatic rings. The maximum absolute atomic E-state index is 11.6. The molecule has 0 spiro atoms. The Bertz CT molecular complexity index is 618. The Hall–Kier alpha value is -1.61. The third-order valence-electron chi connectivity index (χ3n) is 4.38. The average molecular weight is 385 g/mol. The van der Waals surface area contributed by atoms with Gasteiger partial charge in [0.25, 0.3) is 0 Å². The fourth-order valence-corrected chi connectivity index (χ4v) is 4.46. The summed E-state index contributed by atoms with van der Waals surface area (Å²) in [6.45, 7) is 3.77. The van der Waals surface area contributed by atoms with Gasteiger partial charge in [0.2, 0.25) is 0 Å². The smallest absolute Gasteiger partial charge is 0.303 e. The Balaban J connectivity index is 1.81. The van der Waals surface area contributed by atoms with Crippen LogP contribution in [0.1, 0.15) is 40.0 Å². The summed E-state index contributed by atoms with van der Waals surface area (Å²) in [6.07, 6.45) is 0.904. The Morgan fingerprint density at radius 2 is 1.73 bits per heavy atom. The van der Waals surface area contributed by atoms with E-state index in [1.54, 1.807) is 0 Å². The number of ether oxygens (including phenoxy) is 4. The highest BCUT2D eigenvalue weighted by Crippen LogP contribution is 2.43. The second-order valence-electron chi connectivity index (χ2n) is 6.77. The van der Waals surface area contributed by atoms with Gasteiger partial charge in [-0.3, -0.25) is 19.4 Å². The molecule has 0 aromatic carbocycles. The normalized spacial score (nSPS) is 33.0. The number of rotatable bonds is 6. The summed E-state index contributed by atoms with van der Waals surface area (Å²) < 4.78 is 21.9. The zero-order valence-electron chi connectivity index (χ0n) is 15.0. The van der Waals surface area contributed by atoms with Crippen LogP contribution in [-0.2, 0) is 33.3 Å². The standard InChI is InChI=1S/C17H23NO7S/c1-8(19)22-7-12-15(23-9(2)20)16(24-10(3)21)14-17(25-12)26-13(18-14)6-11-4-5-11/h11-12,14-17H,4-7H2,1-3H3/t12-,14?,15-,16-,17+/m1/s1. The topological polar surface area (TPSA) is 100 Å². The molecule has 0 bridgehead atoms. The molecule has 8 nitrogen and oxygen atoms in total. The first-order valence-electron chi connectivity index (χ1n) is 8.70. The van der Waals surface area contributed by atoms with Crippen molar-refractivity contribution in [2.45, 2.75) is 69.8 Å². The zero-order valence-corrected chi connectivity index (χ0v) is 15.8. The average Bonchev–Trinajstić information content (AvgIpc) is 3.24. The minimum Gasteiger partial charge on any atom is -0.463 e. The Kier molecular flexibility index (Phi) is 5.86. The molecule has 5 atom stereocenters. The lowest BCUT2D eigenvalue weighted by atomic mass is 9.97. The molecule has 1 unspecified atom stereocenters. The number of fused-ring (bicyclic) bond motifs is 1. The molecule has 2 aliphatic heterocycles. The monoisotopic (exact) mass is 385 g/mol. The van der Waals surface area contributed by atoms with Crippen molar-refractivity contribution >= 4 is 34.7 Å². The van der Waals surface area contributed by atoms with Gasteiger partial charge < -0.3 is 18.9 Å². The molecule has 1 saturated carbocycles. The van der Waals surface area contributed by atoms with Crippen molar-refractivity contribution in [2.24, 2.45) is 10.9 Å². The minimum atomic E-state index is -0.887. The van der Waals surface area contributed by atoms with Crippen LogP contribution in [0, 0.1) is 5.92 Å². The van der Waals surface area contributed by atoms with E-state index in [1.165, 1.54) is 45.4 Å². The maximum atomic E-state index is 11.6. The molecule has 0 aromatic heterocycles. The van der Waals surface area contributed by atoms with Crippen molar-refractivity contribution in [3.63, 3.8) is 0 Å². The van der Waals surface area contributed by atoms with Crippen LogP contribution < -0.4 is 0 Å². The first-order valence-corrected chi connectivity index (χ1v) is 9.58. The van der Waals surface area contributed by atoms with Crippen molar-refractivity contribution < 1.29 is 33.3 Å². The third-order valence-corrected chi connectivity index (χ3v) is 5.54. The third kappa shape index (κ3) is 4.76. The van der Waals surface area contributed by atoms with Gasteiger partial charge in [0.15, 0.2) is 12.2 Å². The molecular weight excluding hydrogens is 362 g/mol. The lowest BCUT2D eigenvalue weighted by Gasteiger charge is -2.41. The van der Waals surface area contributed by atoms with Crippen LogP contribution in [-0.4, -0.2) is 59.3 Å². The van der Waals surface area contributed by atoms with Gasteiger partial charge in [-0.2, -0.15) is 0 Å². The number of aliphatic imine (C=N–C) groups is 1. The highest BCUT2D eigenvalue weighted by atomic mass is 32.2. The predicted molar refractivity (Wildman–Crippen MR) is 92.6 cm³/mol. The summed E-state index contributed by atoms with van der Waals surface area (Å²) in [4.78, 5) is 39.1. The second kappa shape index (κ2) is 7.96. The van der Waals surface area contributed by atoms with E-state index in [9.17, 15) is 14.4 Å². The van der Waals surface area contributed by atoms with Gasteiger partial charge in [-0.05, 0) is 25.2 Å². The Morgan fingerprint density at radius 3 is 2.31 bits per heavy atom. The van der Waals surface area contributed by atoms with Gasteiger partial charge >= 0.3 is 17.9 Å².